The van der Waals surface area contributed by atoms with Gasteiger partial charge in [0.05, 0.1) is 0 Å². The third-order valence-corrected chi connectivity index (χ3v) is 7.21. The molecule has 2 heterocycles. The van der Waals surface area contributed by atoms with Crippen molar-refractivity contribution in [3.63, 3.8) is 0 Å². The molecule has 3 aromatic rings. The lowest BCUT2D eigenvalue weighted by Gasteiger charge is -2.51. The van der Waals surface area contributed by atoms with E-state index >= 15 is 0 Å². The fourth-order valence-corrected chi connectivity index (χ4v) is 5.28. The zero-order valence-electron chi connectivity index (χ0n) is 19.4. The van der Waals surface area contributed by atoms with E-state index in [4.69, 9.17) is 0 Å². The van der Waals surface area contributed by atoms with Gasteiger partial charge in [-0.15, -0.1) is 0 Å². The number of carbonyl (C=O) groups excluding carboxylic acids is 2. The lowest BCUT2D eigenvalue weighted by molar-refractivity contribution is -0.162. The average molecular weight is 454 g/mol. The molecule has 2 amide bonds. The van der Waals surface area contributed by atoms with Crippen LogP contribution < -0.4 is 5.32 Å². The number of carbonyl (C=O) groups is 2. The second-order valence-electron chi connectivity index (χ2n) is 9.42. The highest BCUT2D eigenvalue weighted by molar-refractivity contribution is 6.00. The van der Waals surface area contributed by atoms with Crippen molar-refractivity contribution < 1.29 is 9.59 Å². The number of nitrogens with zero attached hydrogens (tertiary/aromatic N) is 2. The molecule has 1 N–H and O–H groups in total. The summed E-state index contributed by atoms with van der Waals surface area (Å²) in [5.41, 5.74) is 2.57. The van der Waals surface area contributed by atoms with Gasteiger partial charge in [0.1, 0.15) is 11.6 Å². The molecule has 1 atom stereocenters. The quantitative estimate of drug-likeness (QED) is 0.618. The summed E-state index contributed by atoms with van der Waals surface area (Å²) in [6, 6.07) is 29.8. The minimum Gasteiger partial charge on any atom is -0.342 e. The van der Waals surface area contributed by atoms with E-state index in [-0.39, 0.29) is 11.8 Å². The normalized spacial score (nSPS) is 20.4. The second kappa shape index (κ2) is 9.82. The van der Waals surface area contributed by atoms with Crippen molar-refractivity contribution in [1.29, 1.82) is 0 Å². The number of amides is 2. The van der Waals surface area contributed by atoms with E-state index in [2.05, 4.69) is 34.5 Å². The molecule has 0 aliphatic carbocycles. The highest BCUT2D eigenvalue weighted by atomic mass is 16.2. The summed E-state index contributed by atoms with van der Waals surface area (Å²) in [5.74, 6) is 0.00661. The summed E-state index contributed by atoms with van der Waals surface area (Å²) in [6.07, 6.45) is 1.79. The molecular formula is C29H31N3O2. The second-order valence-corrected chi connectivity index (χ2v) is 9.42. The molecule has 0 aromatic heterocycles. The Labute approximate surface area is 201 Å². The van der Waals surface area contributed by atoms with Crippen molar-refractivity contribution in [2.75, 3.05) is 13.1 Å². The summed E-state index contributed by atoms with van der Waals surface area (Å²) >= 11 is 0. The summed E-state index contributed by atoms with van der Waals surface area (Å²) < 4.78 is 0. The van der Waals surface area contributed by atoms with Gasteiger partial charge in [0.15, 0.2) is 0 Å². The fourth-order valence-electron chi connectivity index (χ4n) is 5.28. The molecule has 1 spiro atoms. The van der Waals surface area contributed by atoms with Crippen molar-refractivity contribution in [3.05, 3.63) is 108 Å². The van der Waals surface area contributed by atoms with Crippen LogP contribution >= 0.6 is 0 Å². The predicted molar refractivity (Wildman–Crippen MR) is 133 cm³/mol. The van der Waals surface area contributed by atoms with Crippen LogP contribution in [0.25, 0.3) is 0 Å². The van der Waals surface area contributed by atoms with Gasteiger partial charge in [-0.2, -0.15) is 0 Å². The lowest BCUT2D eigenvalue weighted by Crippen LogP contribution is -2.72. The molecule has 34 heavy (non-hydrogen) atoms. The molecule has 0 saturated carbocycles. The highest BCUT2D eigenvalue weighted by Crippen LogP contribution is 2.35. The maximum atomic E-state index is 13.8. The van der Waals surface area contributed by atoms with Crippen molar-refractivity contribution in [1.82, 2.24) is 15.1 Å². The van der Waals surface area contributed by atoms with Crippen LogP contribution in [0.2, 0.25) is 0 Å². The number of hydrogen-bond acceptors (Lipinski definition) is 3. The molecule has 2 aliphatic rings. The Hall–Kier alpha value is -3.44. The summed E-state index contributed by atoms with van der Waals surface area (Å²) in [5, 5.41) is 3.11. The molecule has 1 unspecified atom stereocenters. The molecule has 0 bridgehead atoms. The first-order chi connectivity index (χ1) is 16.6. The standard InChI is InChI=1S/C29H31N3O2/c33-27-26(20-23-10-4-1-5-11-23)30-28(34)29(32(27)22-25-14-8-3-9-15-25)16-18-31(19-17-29)21-24-12-6-2-7-13-24/h1-15,26H,16-22H2,(H,30,34). The molecule has 2 saturated heterocycles. The van der Waals surface area contributed by atoms with Gasteiger partial charge in [0.2, 0.25) is 11.8 Å². The summed E-state index contributed by atoms with van der Waals surface area (Å²) in [7, 11) is 0. The Morgan fingerprint density at radius 3 is 1.76 bits per heavy atom. The van der Waals surface area contributed by atoms with Crippen LogP contribution in [0.3, 0.4) is 0 Å². The van der Waals surface area contributed by atoms with E-state index < -0.39 is 11.6 Å². The topological polar surface area (TPSA) is 52.7 Å². The zero-order valence-corrected chi connectivity index (χ0v) is 19.4. The van der Waals surface area contributed by atoms with E-state index in [1.165, 1.54) is 5.56 Å². The molecule has 3 aromatic carbocycles. The van der Waals surface area contributed by atoms with Gasteiger partial charge in [-0.1, -0.05) is 91.0 Å². The number of hydrogen-bond donors (Lipinski definition) is 1. The first kappa shape index (κ1) is 22.4. The third-order valence-electron chi connectivity index (χ3n) is 7.21. The predicted octanol–water partition coefficient (Wildman–Crippen LogP) is 3.79. The molecule has 2 aliphatic heterocycles. The Balaban J connectivity index is 1.37. The number of nitrogens with one attached hydrogen (secondary N) is 1. The van der Waals surface area contributed by atoms with Crippen LogP contribution in [0.1, 0.15) is 29.5 Å². The van der Waals surface area contributed by atoms with Gasteiger partial charge in [0.25, 0.3) is 0 Å². The number of rotatable bonds is 6. The van der Waals surface area contributed by atoms with E-state index in [9.17, 15) is 9.59 Å². The largest absolute Gasteiger partial charge is 0.342 e. The zero-order chi connectivity index (χ0) is 23.4. The van der Waals surface area contributed by atoms with Gasteiger partial charge in [0, 0.05) is 32.6 Å². The van der Waals surface area contributed by atoms with E-state index in [1.54, 1.807) is 0 Å². The van der Waals surface area contributed by atoms with Gasteiger partial charge >= 0.3 is 0 Å². The van der Waals surface area contributed by atoms with E-state index in [0.29, 0.717) is 25.8 Å². The Bertz CT molecular complexity index is 1110. The van der Waals surface area contributed by atoms with Crippen LogP contribution in [0, 0.1) is 0 Å². The van der Waals surface area contributed by atoms with Gasteiger partial charge in [-0.25, -0.2) is 0 Å². The minimum atomic E-state index is -0.798. The number of likely N-dealkylation sites (tertiary alicyclic amines) is 1. The molecule has 2 fully saturated rings. The maximum absolute atomic E-state index is 13.8. The van der Waals surface area contributed by atoms with E-state index in [1.807, 2.05) is 71.6 Å². The molecule has 5 nitrogen and oxygen atoms in total. The summed E-state index contributed by atoms with van der Waals surface area (Å²) in [6.45, 7) is 2.88. The van der Waals surface area contributed by atoms with Crippen LogP contribution in [0.5, 0.6) is 0 Å². The van der Waals surface area contributed by atoms with Crippen molar-refractivity contribution in [2.24, 2.45) is 0 Å². The van der Waals surface area contributed by atoms with Gasteiger partial charge in [-0.3, -0.25) is 14.5 Å². The van der Waals surface area contributed by atoms with Gasteiger partial charge < -0.3 is 10.2 Å². The molecular weight excluding hydrogens is 422 g/mol. The van der Waals surface area contributed by atoms with E-state index in [0.717, 1.165) is 30.8 Å². The Morgan fingerprint density at radius 1 is 0.706 bits per heavy atom. The van der Waals surface area contributed by atoms with Crippen molar-refractivity contribution >= 4 is 11.8 Å². The van der Waals surface area contributed by atoms with Crippen molar-refractivity contribution in [3.8, 4) is 0 Å². The fraction of sp³-hybridized carbons (Fsp3) is 0.310. The van der Waals surface area contributed by atoms with Gasteiger partial charge in [-0.05, 0) is 29.5 Å². The molecule has 0 radical (unpaired) electrons. The van der Waals surface area contributed by atoms with Crippen LogP contribution in [-0.4, -0.2) is 46.3 Å². The van der Waals surface area contributed by atoms with Crippen LogP contribution in [0.15, 0.2) is 91.0 Å². The Morgan fingerprint density at radius 2 is 1.21 bits per heavy atom. The molecule has 174 valence electrons. The molecule has 5 rings (SSSR count). The average Bonchev–Trinajstić information content (AvgIpc) is 2.88. The SMILES string of the molecule is O=C1C(Cc2ccccc2)NC(=O)C2(CCN(Cc3ccccc3)CC2)N1Cc1ccccc1. The Kier molecular flexibility index (Phi) is 6.45. The third kappa shape index (κ3) is 4.62. The lowest BCUT2D eigenvalue weighted by atomic mass is 9.80. The first-order valence-corrected chi connectivity index (χ1v) is 12.1. The van der Waals surface area contributed by atoms with Crippen LogP contribution in [-0.2, 0) is 29.1 Å². The smallest absolute Gasteiger partial charge is 0.246 e. The monoisotopic (exact) mass is 453 g/mol. The van der Waals surface area contributed by atoms with Crippen LogP contribution in [0.4, 0.5) is 0 Å². The highest BCUT2D eigenvalue weighted by Gasteiger charge is 2.53. The first-order valence-electron chi connectivity index (χ1n) is 12.1. The number of benzene rings is 3. The van der Waals surface area contributed by atoms with Crippen molar-refractivity contribution in [2.45, 2.75) is 43.9 Å². The maximum Gasteiger partial charge on any atom is 0.246 e. The number of piperidine rings is 1. The molecule has 5 heteroatoms. The summed E-state index contributed by atoms with van der Waals surface area (Å²) in [4.78, 5) is 31.8. The minimum absolute atomic E-state index is 0.0108. The number of piperazine rings is 1.